The van der Waals surface area contributed by atoms with Gasteiger partial charge in [0, 0.05) is 25.6 Å². The average Bonchev–Trinajstić information content (AvgIpc) is 3.28. The number of aromatic nitrogens is 3. The lowest BCUT2D eigenvalue weighted by atomic mass is 10.0. The molecule has 1 N–H and O–H groups in total. The van der Waals surface area contributed by atoms with Crippen LogP contribution in [0.15, 0.2) is 30.3 Å². The molecule has 3 aromatic rings. The largest absolute Gasteiger partial charge is 0.435 e. The van der Waals surface area contributed by atoms with Gasteiger partial charge >= 0.3 is 12.4 Å². The molecule has 2 atom stereocenters. The number of methoxy groups -OCH3 is 1. The molecule has 0 spiro atoms. The van der Waals surface area contributed by atoms with Gasteiger partial charge in [-0.15, -0.1) is 5.10 Å². The van der Waals surface area contributed by atoms with E-state index in [0.29, 0.717) is 23.9 Å². The van der Waals surface area contributed by atoms with E-state index in [4.69, 9.17) is 4.74 Å². The molecule has 6 nitrogen and oxygen atoms in total. The zero-order valence-electron chi connectivity index (χ0n) is 19.1. The summed E-state index contributed by atoms with van der Waals surface area (Å²) >= 11 is 0. The molecular weight excluding hydrogens is 476 g/mol. The van der Waals surface area contributed by atoms with Crippen molar-refractivity contribution >= 4 is 22.4 Å². The Hall–Kier alpha value is -3.15. The van der Waals surface area contributed by atoms with E-state index in [0.717, 1.165) is 12.1 Å². The minimum Gasteiger partial charge on any atom is -0.380 e. The van der Waals surface area contributed by atoms with Crippen LogP contribution in [0.3, 0.4) is 0 Å². The molecule has 35 heavy (non-hydrogen) atoms. The summed E-state index contributed by atoms with van der Waals surface area (Å²) in [6.45, 7) is 3.76. The van der Waals surface area contributed by atoms with Gasteiger partial charge in [0.2, 0.25) is 0 Å². The van der Waals surface area contributed by atoms with Crippen molar-refractivity contribution in [3.63, 3.8) is 0 Å². The topological polar surface area (TPSA) is 63.2 Å². The number of ether oxygens (including phenoxy) is 1. The van der Waals surface area contributed by atoms with Crippen molar-refractivity contribution in [2.45, 2.75) is 44.8 Å². The Labute approximate surface area is 197 Å². The number of fused-ring (bicyclic) bond motifs is 1. The SMILES string of the molecule is CO[C@H]1CCN(c2cc3c(N[C@H](C)c4cccc(C(F)(F)F)c4)nnc(C)c3nc2C(F)(F)F)C1. The highest BCUT2D eigenvalue weighted by atomic mass is 19.4. The molecule has 3 heterocycles. The number of pyridine rings is 1. The van der Waals surface area contributed by atoms with Crippen LogP contribution in [-0.2, 0) is 17.1 Å². The molecule has 0 unspecified atom stereocenters. The second-order valence-electron chi connectivity index (χ2n) is 8.47. The van der Waals surface area contributed by atoms with Crippen LogP contribution in [-0.4, -0.2) is 41.5 Å². The van der Waals surface area contributed by atoms with Crippen LogP contribution in [0.5, 0.6) is 0 Å². The first-order valence-electron chi connectivity index (χ1n) is 10.8. The molecule has 0 amide bonds. The van der Waals surface area contributed by atoms with Crippen molar-refractivity contribution in [3.05, 3.63) is 52.8 Å². The molecular formula is C23H23F6N5O. The molecule has 1 aromatic carbocycles. The number of hydrogen-bond donors (Lipinski definition) is 1. The lowest BCUT2D eigenvalue weighted by Crippen LogP contribution is -2.26. The van der Waals surface area contributed by atoms with Gasteiger partial charge in [-0.1, -0.05) is 12.1 Å². The zero-order chi connectivity index (χ0) is 25.5. The summed E-state index contributed by atoms with van der Waals surface area (Å²) in [6, 6.07) is 5.53. The third-order valence-electron chi connectivity index (χ3n) is 6.05. The second kappa shape index (κ2) is 9.14. The van der Waals surface area contributed by atoms with Gasteiger partial charge in [-0.05, 0) is 44.0 Å². The first kappa shape index (κ1) is 25.0. The number of hydrogen-bond acceptors (Lipinski definition) is 6. The Balaban J connectivity index is 1.78. The Morgan fingerprint density at radius 2 is 1.83 bits per heavy atom. The van der Waals surface area contributed by atoms with Crippen molar-refractivity contribution in [3.8, 4) is 0 Å². The molecule has 4 rings (SSSR count). The first-order chi connectivity index (χ1) is 16.4. The van der Waals surface area contributed by atoms with E-state index in [-0.39, 0.29) is 35.4 Å². The summed E-state index contributed by atoms with van der Waals surface area (Å²) in [4.78, 5) is 5.50. The molecule has 2 aromatic heterocycles. The molecule has 1 saturated heterocycles. The van der Waals surface area contributed by atoms with Crippen molar-refractivity contribution in [2.75, 3.05) is 30.4 Å². The molecule has 12 heteroatoms. The highest BCUT2D eigenvalue weighted by Crippen LogP contribution is 2.40. The van der Waals surface area contributed by atoms with E-state index < -0.39 is 29.7 Å². The molecule has 0 aliphatic carbocycles. The fraction of sp³-hybridized carbons (Fsp3) is 0.435. The van der Waals surface area contributed by atoms with Gasteiger partial charge in [0.25, 0.3) is 0 Å². The van der Waals surface area contributed by atoms with Gasteiger partial charge in [0.05, 0.1) is 34.6 Å². The summed E-state index contributed by atoms with van der Waals surface area (Å²) in [5.74, 6) is 0.125. The van der Waals surface area contributed by atoms with E-state index >= 15 is 0 Å². The van der Waals surface area contributed by atoms with Gasteiger partial charge in [-0.2, -0.15) is 31.4 Å². The van der Waals surface area contributed by atoms with Crippen molar-refractivity contribution in [1.29, 1.82) is 0 Å². The summed E-state index contributed by atoms with van der Waals surface area (Å²) in [6.07, 6.45) is -8.85. The van der Waals surface area contributed by atoms with Crippen LogP contribution in [0.2, 0.25) is 0 Å². The van der Waals surface area contributed by atoms with E-state index in [1.807, 2.05) is 0 Å². The zero-order valence-corrected chi connectivity index (χ0v) is 19.1. The normalized spacial score (nSPS) is 17.7. The fourth-order valence-corrected chi connectivity index (χ4v) is 4.15. The molecule has 1 aliphatic rings. The Morgan fingerprint density at radius 1 is 1.09 bits per heavy atom. The number of aryl methyl sites for hydroxylation is 1. The number of nitrogens with one attached hydrogen (secondary N) is 1. The molecule has 1 fully saturated rings. The predicted octanol–water partition coefficient (Wildman–Crippen LogP) is 5.77. The van der Waals surface area contributed by atoms with Crippen LogP contribution >= 0.6 is 0 Å². The van der Waals surface area contributed by atoms with E-state index in [2.05, 4.69) is 20.5 Å². The summed E-state index contributed by atoms with van der Waals surface area (Å²) in [5.41, 5.74) is -1.40. The van der Waals surface area contributed by atoms with Crippen LogP contribution in [0.1, 0.15) is 41.9 Å². The number of benzene rings is 1. The lowest BCUT2D eigenvalue weighted by Gasteiger charge is -2.24. The fourth-order valence-electron chi connectivity index (χ4n) is 4.15. The van der Waals surface area contributed by atoms with Gasteiger partial charge in [0.1, 0.15) is 0 Å². The van der Waals surface area contributed by atoms with Gasteiger partial charge in [0.15, 0.2) is 11.5 Å². The number of alkyl halides is 6. The van der Waals surface area contributed by atoms with Crippen molar-refractivity contribution in [2.24, 2.45) is 0 Å². The minimum atomic E-state index is -4.71. The van der Waals surface area contributed by atoms with Crippen LogP contribution < -0.4 is 10.2 Å². The summed E-state index contributed by atoms with van der Waals surface area (Å²) in [7, 11) is 1.51. The van der Waals surface area contributed by atoms with E-state index in [9.17, 15) is 26.3 Å². The van der Waals surface area contributed by atoms with Gasteiger partial charge in [-0.25, -0.2) is 4.98 Å². The first-order valence-corrected chi connectivity index (χ1v) is 10.8. The maximum absolute atomic E-state index is 13.9. The van der Waals surface area contributed by atoms with E-state index in [1.165, 1.54) is 32.2 Å². The lowest BCUT2D eigenvalue weighted by molar-refractivity contribution is -0.140. The van der Waals surface area contributed by atoms with Crippen LogP contribution in [0.4, 0.5) is 37.8 Å². The highest BCUT2D eigenvalue weighted by Gasteiger charge is 2.39. The van der Waals surface area contributed by atoms with Crippen molar-refractivity contribution in [1.82, 2.24) is 15.2 Å². The maximum atomic E-state index is 13.9. The molecule has 1 aliphatic heterocycles. The maximum Gasteiger partial charge on any atom is 0.435 e. The number of halogens is 6. The van der Waals surface area contributed by atoms with Crippen molar-refractivity contribution < 1.29 is 31.1 Å². The third-order valence-corrected chi connectivity index (χ3v) is 6.05. The Kier molecular flexibility index (Phi) is 6.52. The molecule has 0 saturated carbocycles. The second-order valence-corrected chi connectivity index (χ2v) is 8.47. The minimum absolute atomic E-state index is 0.0114. The number of anilines is 2. The molecule has 188 valence electrons. The number of rotatable bonds is 5. The Bertz CT molecular complexity index is 1230. The monoisotopic (exact) mass is 499 g/mol. The summed E-state index contributed by atoms with van der Waals surface area (Å²) in [5, 5.41) is 11.3. The van der Waals surface area contributed by atoms with Gasteiger partial charge < -0.3 is 15.0 Å². The smallest absolute Gasteiger partial charge is 0.380 e. The highest BCUT2D eigenvalue weighted by molar-refractivity contribution is 5.93. The standard InChI is InChI=1S/C23H23F6N5O/c1-12(14-5-4-6-15(9-14)22(24,25)26)30-21-17-10-18(34-8-7-16(11-34)35-3)20(23(27,28)29)31-19(17)13(2)32-33-21/h4-6,9-10,12,16H,7-8,11H2,1-3H3,(H,30,33)/t12-,16+/m1/s1. The molecule has 0 radical (unpaired) electrons. The predicted molar refractivity (Wildman–Crippen MR) is 118 cm³/mol. The van der Waals surface area contributed by atoms with Crippen LogP contribution in [0.25, 0.3) is 10.9 Å². The third kappa shape index (κ3) is 5.12. The van der Waals surface area contributed by atoms with Crippen LogP contribution in [0, 0.1) is 6.92 Å². The van der Waals surface area contributed by atoms with E-state index in [1.54, 1.807) is 11.8 Å². The number of nitrogens with zero attached hydrogens (tertiary/aromatic N) is 4. The Morgan fingerprint density at radius 3 is 2.46 bits per heavy atom. The van der Waals surface area contributed by atoms with Gasteiger partial charge in [-0.3, -0.25) is 0 Å². The molecule has 0 bridgehead atoms. The summed E-state index contributed by atoms with van der Waals surface area (Å²) < 4.78 is 86.5. The average molecular weight is 499 g/mol. The quantitative estimate of drug-likeness (QED) is 0.450.